The molecule has 0 amide bonds. The number of carbonyl (C=O) groups is 1. The van der Waals surface area contributed by atoms with Gasteiger partial charge in [0.25, 0.3) is 0 Å². The molecular weight excluding hydrogens is 278 g/mol. The van der Waals surface area contributed by atoms with Crippen molar-refractivity contribution in [2.45, 2.75) is 18.9 Å². The maximum atomic E-state index is 10.6. The van der Waals surface area contributed by atoms with Gasteiger partial charge in [0.1, 0.15) is 0 Å². The highest BCUT2D eigenvalue weighted by Gasteiger charge is 2.11. The van der Waals surface area contributed by atoms with Gasteiger partial charge >= 0.3 is 5.97 Å². The number of pyridine rings is 1. The fourth-order valence-electron chi connectivity index (χ4n) is 0.874. The van der Waals surface area contributed by atoms with Crippen LogP contribution in [0.1, 0.15) is 12.5 Å². The van der Waals surface area contributed by atoms with Crippen molar-refractivity contribution in [2.24, 2.45) is 5.92 Å². The van der Waals surface area contributed by atoms with Crippen molar-refractivity contribution in [3.05, 3.63) is 22.3 Å². The minimum absolute atomic E-state index is 0.347. The quantitative estimate of drug-likeness (QED) is 0.866. The molecule has 1 aromatic heterocycles. The number of carboxylic acid groups (broad SMARTS) is 1. The van der Waals surface area contributed by atoms with Crippen LogP contribution in [0.5, 0.6) is 0 Å². The van der Waals surface area contributed by atoms with E-state index in [0.29, 0.717) is 5.75 Å². The Morgan fingerprint density at radius 3 is 2.93 bits per heavy atom. The lowest BCUT2D eigenvalue weighted by Crippen LogP contribution is -2.11. The monoisotopic (exact) mass is 289 g/mol. The van der Waals surface area contributed by atoms with Gasteiger partial charge in [-0.3, -0.25) is 4.79 Å². The molecule has 1 heterocycles. The van der Waals surface area contributed by atoms with Gasteiger partial charge in [-0.2, -0.15) is 0 Å². The van der Waals surface area contributed by atoms with Crippen LogP contribution in [-0.4, -0.2) is 21.8 Å². The molecule has 0 bridgehead atoms. The summed E-state index contributed by atoms with van der Waals surface area (Å²) in [6.07, 6.45) is 1.74. The van der Waals surface area contributed by atoms with E-state index in [9.17, 15) is 4.79 Å². The molecule has 1 aromatic rings. The van der Waals surface area contributed by atoms with Crippen LogP contribution < -0.4 is 0 Å². The van der Waals surface area contributed by atoms with Crippen molar-refractivity contribution in [3.63, 3.8) is 0 Å². The molecule has 0 radical (unpaired) electrons. The average Bonchev–Trinajstić information content (AvgIpc) is 2.19. The molecule has 0 aliphatic rings. The predicted molar refractivity (Wildman–Crippen MR) is 64.2 cm³/mol. The van der Waals surface area contributed by atoms with Gasteiger partial charge in [0.2, 0.25) is 0 Å². The molecule has 0 spiro atoms. The number of aryl methyl sites for hydroxylation is 1. The Balaban J connectivity index is 2.58. The third-order valence-corrected chi connectivity index (χ3v) is 3.94. The Labute approximate surface area is 101 Å². The molecular formula is C10H12BrNO2S. The third-order valence-electron chi connectivity index (χ3n) is 1.92. The normalized spacial score (nSPS) is 12.5. The standard InChI is InChI=1S/C10H12BrNO2S/c1-6-3-9(12-4-8(6)11)15-5-7(2)10(13)14/h3-4,7H,5H2,1-2H3,(H,13,14). The first kappa shape index (κ1) is 12.5. The van der Waals surface area contributed by atoms with Gasteiger partial charge in [0, 0.05) is 16.4 Å². The van der Waals surface area contributed by atoms with Crippen molar-refractivity contribution in [2.75, 3.05) is 5.75 Å². The van der Waals surface area contributed by atoms with Crippen molar-refractivity contribution in [1.29, 1.82) is 0 Å². The molecule has 3 nitrogen and oxygen atoms in total. The topological polar surface area (TPSA) is 50.2 Å². The number of carboxylic acids is 1. The van der Waals surface area contributed by atoms with Gasteiger partial charge in [-0.1, -0.05) is 6.92 Å². The molecule has 82 valence electrons. The number of aromatic nitrogens is 1. The molecule has 0 aliphatic carbocycles. The van der Waals surface area contributed by atoms with Crippen LogP contribution >= 0.6 is 27.7 Å². The van der Waals surface area contributed by atoms with Crippen molar-refractivity contribution in [1.82, 2.24) is 4.98 Å². The largest absolute Gasteiger partial charge is 0.481 e. The second-order valence-electron chi connectivity index (χ2n) is 3.32. The summed E-state index contributed by atoms with van der Waals surface area (Å²) in [5, 5.41) is 9.58. The predicted octanol–water partition coefficient (Wildman–Crippen LogP) is 2.97. The van der Waals surface area contributed by atoms with Crippen molar-refractivity contribution >= 4 is 33.7 Å². The molecule has 0 aliphatic heterocycles. The van der Waals surface area contributed by atoms with E-state index in [1.807, 2.05) is 13.0 Å². The molecule has 1 N–H and O–H groups in total. The lowest BCUT2D eigenvalue weighted by atomic mass is 10.2. The number of nitrogens with zero attached hydrogens (tertiary/aromatic N) is 1. The average molecular weight is 290 g/mol. The first-order chi connectivity index (χ1) is 7.00. The number of hydrogen-bond donors (Lipinski definition) is 1. The summed E-state index contributed by atoms with van der Waals surface area (Å²) in [5.41, 5.74) is 1.11. The van der Waals surface area contributed by atoms with E-state index in [-0.39, 0.29) is 5.92 Å². The number of thioether (sulfide) groups is 1. The molecule has 0 saturated carbocycles. The molecule has 0 aromatic carbocycles. The summed E-state index contributed by atoms with van der Waals surface area (Å²) in [7, 11) is 0. The number of hydrogen-bond acceptors (Lipinski definition) is 3. The summed E-state index contributed by atoms with van der Waals surface area (Å²) >= 11 is 4.83. The Bertz CT molecular complexity index is 370. The van der Waals surface area contributed by atoms with Crippen molar-refractivity contribution < 1.29 is 9.90 Å². The molecule has 1 atom stereocenters. The molecule has 1 unspecified atom stereocenters. The summed E-state index contributed by atoms with van der Waals surface area (Å²) in [4.78, 5) is 14.8. The van der Waals surface area contributed by atoms with Crippen LogP contribution in [0.2, 0.25) is 0 Å². The van der Waals surface area contributed by atoms with Crippen LogP contribution in [-0.2, 0) is 4.79 Å². The first-order valence-corrected chi connectivity index (χ1v) is 6.26. The highest BCUT2D eigenvalue weighted by molar-refractivity contribution is 9.10. The van der Waals surface area contributed by atoms with E-state index < -0.39 is 5.97 Å². The van der Waals surface area contributed by atoms with E-state index in [1.165, 1.54) is 11.8 Å². The Hall–Kier alpha value is -0.550. The lowest BCUT2D eigenvalue weighted by molar-refractivity contribution is -0.140. The minimum atomic E-state index is -0.767. The first-order valence-electron chi connectivity index (χ1n) is 4.48. The third kappa shape index (κ3) is 3.83. The highest BCUT2D eigenvalue weighted by atomic mass is 79.9. The molecule has 0 fully saturated rings. The summed E-state index contributed by atoms with van der Waals surface area (Å²) < 4.78 is 0.970. The van der Waals surface area contributed by atoms with E-state index in [2.05, 4.69) is 20.9 Å². The summed E-state index contributed by atoms with van der Waals surface area (Å²) in [5.74, 6) is -0.569. The molecule has 15 heavy (non-hydrogen) atoms. The smallest absolute Gasteiger partial charge is 0.307 e. The maximum absolute atomic E-state index is 10.6. The van der Waals surface area contributed by atoms with Crippen LogP contribution in [0.4, 0.5) is 0 Å². The SMILES string of the molecule is Cc1cc(SCC(C)C(=O)O)ncc1Br. The van der Waals surface area contributed by atoms with Gasteiger partial charge < -0.3 is 5.11 Å². The zero-order valence-corrected chi connectivity index (χ0v) is 10.9. The number of aliphatic carboxylic acids is 1. The Kier molecular flexibility index (Phi) is 4.60. The van der Waals surface area contributed by atoms with Crippen LogP contribution in [0.25, 0.3) is 0 Å². The van der Waals surface area contributed by atoms with Crippen molar-refractivity contribution in [3.8, 4) is 0 Å². The van der Waals surface area contributed by atoms with Gasteiger partial charge in [-0.25, -0.2) is 4.98 Å². The van der Waals surface area contributed by atoms with E-state index in [4.69, 9.17) is 5.11 Å². The second-order valence-corrected chi connectivity index (χ2v) is 5.22. The molecule has 0 saturated heterocycles. The number of rotatable bonds is 4. The fraction of sp³-hybridized carbons (Fsp3) is 0.400. The van der Waals surface area contributed by atoms with E-state index >= 15 is 0 Å². The zero-order chi connectivity index (χ0) is 11.4. The summed E-state index contributed by atoms with van der Waals surface area (Å²) in [6.45, 7) is 3.68. The van der Waals surface area contributed by atoms with E-state index in [0.717, 1.165) is 15.1 Å². The van der Waals surface area contributed by atoms with E-state index in [1.54, 1.807) is 13.1 Å². The van der Waals surface area contributed by atoms with Gasteiger partial charge in [-0.15, -0.1) is 11.8 Å². The number of halogens is 1. The maximum Gasteiger partial charge on any atom is 0.307 e. The Morgan fingerprint density at radius 1 is 1.73 bits per heavy atom. The lowest BCUT2D eigenvalue weighted by Gasteiger charge is -2.06. The minimum Gasteiger partial charge on any atom is -0.481 e. The summed E-state index contributed by atoms with van der Waals surface area (Å²) in [6, 6.07) is 1.95. The molecule has 5 heteroatoms. The van der Waals surface area contributed by atoms with Crippen LogP contribution in [0.3, 0.4) is 0 Å². The van der Waals surface area contributed by atoms with Gasteiger partial charge in [0.05, 0.1) is 10.9 Å². The van der Waals surface area contributed by atoms with Gasteiger partial charge in [0.15, 0.2) is 0 Å². The highest BCUT2D eigenvalue weighted by Crippen LogP contribution is 2.23. The zero-order valence-electron chi connectivity index (χ0n) is 8.53. The Morgan fingerprint density at radius 2 is 2.40 bits per heavy atom. The fourth-order valence-corrected chi connectivity index (χ4v) is 2.04. The van der Waals surface area contributed by atoms with Gasteiger partial charge in [-0.05, 0) is 34.5 Å². The van der Waals surface area contributed by atoms with Crippen LogP contribution in [0, 0.1) is 12.8 Å². The van der Waals surface area contributed by atoms with Crippen LogP contribution in [0.15, 0.2) is 21.8 Å². The second kappa shape index (κ2) is 5.51. The molecule has 1 rings (SSSR count).